The smallest absolute Gasteiger partial charge is 0.360 e. The minimum atomic E-state index is -0.597. The van der Waals surface area contributed by atoms with Gasteiger partial charge in [-0.05, 0) is 6.92 Å². The van der Waals surface area contributed by atoms with Crippen LogP contribution in [0.4, 0.5) is 5.82 Å². The summed E-state index contributed by atoms with van der Waals surface area (Å²) < 4.78 is 4.68. The SMILES string of the molecule is CCOC(=O)c1nnc(N)cc1Cl. The van der Waals surface area contributed by atoms with Crippen LogP contribution in [0.25, 0.3) is 0 Å². The van der Waals surface area contributed by atoms with Gasteiger partial charge in [-0.1, -0.05) is 11.6 Å². The lowest BCUT2D eigenvalue weighted by Gasteiger charge is -2.01. The molecule has 0 amide bonds. The van der Waals surface area contributed by atoms with Crippen molar-refractivity contribution in [1.29, 1.82) is 0 Å². The molecule has 0 spiro atoms. The minimum absolute atomic E-state index is 0.0160. The zero-order chi connectivity index (χ0) is 9.84. The molecule has 13 heavy (non-hydrogen) atoms. The highest BCUT2D eigenvalue weighted by atomic mass is 35.5. The molecular weight excluding hydrogens is 194 g/mol. The van der Waals surface area contributed by atoms with E-state index in [1.807, 2.05) is 0 Å². The Kier molecular flexibility index (Phi) is 3.02. The van der Waals surface area contributed by atoms with Crippen LogP contribution in [0.15, 0.2) is 6.07 Å². The molecule has 0 aliphatic carbocycles. The molecule has 1 rings (SSSR count). The van der Waals surface area contributed by atoms with Crippen LogP contribution in [0.5, 0.6) is 0 Å². The number of ether oxygens (including phenoxy) is 1. The molecule has 0 unspecified atom stereocenters. The summed E-state index contributed by atoms with van der Waals surface area (Å²) >= 11 is 5.68. The number of nitrogen functional groups attached to an aromatic ring is 1. The van der Waals surface area contributed by atoms with E-state index < -0.39 is 5.97 Å². The van der Waals surface area contributed by atoms with Gasteiger partial charge >= 0.3 is 5.97 Å². The lowest BCUT2D eigenvalue weighted by Crippen LogP contribution is -2.09. The third-order valence-corrected chi connectivity index (χ3v) is 1.52. The summed E-state index contributed by atoms with van der Waals surface area (Å²) in [6, 6.07) is 1.35. The number of esters is 1. The Bertz CT molecular complexity index is 330. The van der Waals surface area contributed by atoms with E-state index in [0.717, 1.165) is 0 Å². The van der Waals surface area contributed by atoms with Crippen molar-refractivity contribution in [2.24, 2.45) is 0 Å². The largest absolute Gasteiger partial charge is 0.461 e. The van der Waals surface area contributed by atoms with E-state index in [2.05, 4.69) is 14.9 Å². The molecule has 0 bridgehead atoms. The van der Waals surface area contributed by atoms with Gasteiger partial charge in [0.15, 0.2) is 5.69 Å². The highest BCUT2D eigenvalue weighted by Gasteiger charge is 2.13. The van der Waals surface area contributed by atoms with Crippen LogP contribution in [0, 0.1) is 0 Å². The maximum atomic E-state index is 11.1. The van der Waals surface area contributed by atoms with Gasteiger partial charge in [-0.3, -0.25) is 0 Å². The number of anilines is 1. The van der Waals surface area contributed by atoms with Crippen molar-refractivity contribution in [3.05, 3.63) is 16.8 Å². The van der Waals surface area contributed by atoms with Crippen LogP contribution >= 0.6 is 11.6 Å². The third kappa shape index (κ3) is 2.29. The van der Waals surface area contributed by atoms with Crippen molar-refractivity contribution < 1.29 is 9.53 Å². The molecule has 5 nitrogen and oxygen atoms in total. The van der Waals surface area contributed by atoms with Gasteiger partial charge in [0.2, 0.25) is 0 Å². The lowest BCUT2D eigenvalue weighted by atomic mass is 10.4. The zero-order valence-corrected chi connectivity index (χ0v) is 7.71. The van der Waals surface area contributed by atoms with Gasteiger partial charge in [0.05, 0.1) is 11.6 Å². The van der Waals surface area contributed by atoms with Gasteiger partial charge < -0.3 is 10.5 Å². The summed E-state index contributed by atoms with van der Waals surface area (Å²) in [5.41, 5.74) is 5.28. The van der Waals surface area contributed by atoms with Gasteiger partial charge in [0, 0.05) is 6.07 Å². The molecule has 0 aliphatic heterocycles. The molecule has 0 saturated carbocycles. The first kappa shape index (κ1) is 9.73. The lowest BCUT2D eigenvalue weighted by molar-refractivity contribution is 0.0518. The fraction of sp³-hybridized carbons (Fsp3) is 0.286. The highest BCUT2D eigenvalue weighted by molar-refractivity contribution is 6.33. The van der Waals surface area contributed by atoms with Crippen LogP contribution in [0.2, 0.25) is 5.02 Å². The number of nitrogens with two attached hydrogens (primary N) is 1. The van der Waals surface area contributed by atoms with E-state index in [1.165, 1.54) is 6.07 Å². The van der Waals surface area contributed by atoms with Crippen molar-refractivity contribution in [3.63, 3.8) is 0 Å². The number of hydrogen-bond acceptors (Lipinski definition) is 5. The summed E-state index contributed by atoms with van der Waals surface area (Å²) in [4.78, 5) is 11.1. The van der Waals surface area contributed by atoms with Crippen molar-refractivity contribution in [3.8, 4) is 0 Å². The minimum Gasteiger partial charge on any atom is -0.461 e. The van der Waals surface area contributed by atoms with Crippen molar-refractivity contribution in [2.75, 3.05) is 12.3 Å². The second kappa shape index (κ2) is 4.04. The first-order chi connectivity index (χ1) is 6.15. The van der Waals surface area contributed by atoms with Crippen LogP contribution in [0.3, 0.4) is 0 Å². The second-order valence-electron chi connectivity index (χ2n) is 2.19. The fourth-order valence-corrected chi connectivity index (χ4v) is 0.947. The normalized spacial score (nSPS) is 9.69. The first-order valence-electron chi connectivity index (χ1n) is 3.61. The molecule has 0 atom stereocenters. The Morgan fingerprint density at radius 1 is 1.69 bits per heavy atom. The Hall–Kier alpha value is -1.36. The number of aromatic nitrogens is 2. The van der Waals surface area contributed by atoms with E-state index in [9.17, 15) is 4.79 Å². The predicted octanol–water partition coefficient (Wildman–Crippen LogP) is 0.889. The molecule has 0 aliphatic rings. The summed E-state index contributed by atoms with van der Waals surface area (Å²) in [5.74, 6) is -0.432. The molecule has 0 aromatic carbocycles. The third-order valence-electron chi connectivity index (χ3n) is 1.24. The zero-order valence-electron chi connectivity index (χ0n) is 6.95. The molecule has 1 aromatic rings. The number of carbonyl (C=O) groups is 1. The number of rotatable bonds is 2. The summed E-state index contributed by atoms with van der Waals surface area (Å²) in [6.45, 7) is 1.96. The number of halogens is 1. The molecule has 70 valence electrons. The number of nitrogens with zero attached hydrogens (tertiary/aromatic N) is 2. The number of hydrogen-bond donors (Lipinski definition) is 1. The molecule has 0 radical (unpaired) electrons. The average Bonchev–Trinajstić information content (AvgIpc) is 2.04. The fourth-order valence-electron chi connectivity index (χ4n) is 0.720. The molecule has 2 N–H and O–H groups in total. The summed E-state index contributed by atoms with van der Waals surface area (Å²) in [6.07, 6.45) is 0. The Balaban J connectivity index is 2.95. The Morgan fingerprint density at radius 3 is 2.92 bits per heavy atom. The van der Waals surface area contributed by atoms with E-state index >= 15 is 0 Å². The van der Waals surface area contributed by atoms with E-state index in [1.54, 1.807) is 6.92 Å². The Morgan fingerprint density at radius 2 is 2.38 bits per heavy atom. The van der Waals surface area contributed by atoms with Crippen LogP contribution in [-0.4, -0.2) is 22.8 Å². The molecule has 0 fully saturated rings. The van der Waals surface area contributed by atoms with Gasteiger partial charge in [0.25, 0.3) is 0 Å². The first-order valence-corrected chi connectivity index (χ1v) is 3.98. The molecule has 1 aromatic heterocycles. The molecule has 6 heteroatoms. The van der Waals surface area contributed by atoms with E-state index in [-0.39, 0.29) is 23.1 Å². The van der Waals surface area contributed by atoms with E-state index in [0.29, 0.717) is 0 Å². The maximum absolute atomic E-state index is 11.1. The van der Waals surface area contributed by atoms with Crippen LogP contribution in [-0.2, 0) is 4.74 Å². The van der Waals surface area contributed by atoms with Crippen molar-refractivity contribution >= 4 is 23.4 Å². The predicted molar refractivity (Wildman–Crippen MR) is 47.4 cm³/mol. The van der Waals surface area contributed by atoms with Crippen molar-refractivity contribution in [2.45, 2.75) is 6.92 Å². The van der Waals surface area contributed by atoms with Gasteiger partial charge in [-0.2, -0.15) is 0 Å². The summed E-state index contributed by atoms with van der Waals surface area (Å²) in [7, 11) is 0. The molecule has 0 saturated heterocycles. The van der Waals surface area contributed by atoms with Crippen LogP contribution < -0.4 is 5.73 Å². The van der Waals surface area contributed by atoms with E-state index in [4.69, 9.17) is 17.3 Å². The van der Waals surface area contributed by atoms with Gasteiger partial charge in [0.1, 0.15) is 5.82 Å². The van der Waals surface area contributed by atoms with Crippen molar-refractivity contribution in [1.82, 2.24) is 10.2 Å². The summed E-state index contributed by atoms with van der Waals surface area (Å²) in [5, 5.41) is 7.15. The second-order valence-corrected chi connectivity index (χ2v) is 2.59. The number of carbonyl (C=O) groups excluding carboxylic acids is 1. The van der Waals surface area contributed by atoms with Crippen LogP contribution in [0.1, 0.15) is 17.4 Å². The topological polar surface area (TPSA) is 78.1 Å². The monoisotopic (exact) mass is 201 g/mol. The highest BCUT2D eigenvalue weighted by Crippen LogP contribution is 2.15. The molecule has 1 heterocycles. The standard InChI is InChI=1S/C7H8ClN3O2/c1-2-13-7(12)6-4(8)3-5(9)10-11-6/h3H,2H2,1H3,(H2,9,10). The maximum Gasteiger partial charge on any atom is 0.360 e. The van der Waals surface area contributed by atoms with Gasteiger partial charge in [-0.25, -0.2) is 4.79 Å². The average molecular weight is 202 g/mol. The van der Waals surface area contributed by atoms with Gasteiger partial charge in [-0.15, -0.1) is 10.2 Å². The Labute approximate surface area is 79.9 Å². The quantitative estimate of drug-likeness (QED) is 0.719. The molecular formula is C7H8ClN3O2.